The lowest BCUT2D eigenvalue weighted by molar-refractivity contribution is 0.261. The maximum absolute atomic E-state index is 11.6. The zero-order valence-corrected chi connectivity index (χ0v) is 9.05. The fourth-order valence-electron chi connectivity index (χ4n) is 1.25. The lowest BCUT2D eigenvalue weighted by atomic mass is 10.4. The summed E-state index contributed by atoms with van der Waals surface area (Å²) in [5.74, 6) is 0. The molecule has 1 aliphatic heterocycles. The highest BCUT2D eigenvalue weighted by molar-refractivity contribution is 7.87. The molecule has 0 amide bonds. The second-order valence-corrected chi connectivity index (χ2v) is 5.06. The minimum atomic E-state index is -3.41. The molecule has 0 bridgehead atoms. The van der Waals surface area contributed by atoms with Gasteiger partial charge in [-0.1, -0.05) is 0 Å². The van der Waals surface area contributed by atoms with Gasteiger partial charge in [0.05, 0.1) is 6.61 Å². The van der Waals surface area contributed by atoms with Crippen LogP contribution >= 0.6 is 0 Å². The van der Waals surface area contributed by atoms with Crippen LogP contribution in [0.15, 0.2) is 0 Å². The van der Waals surface area contributed by atoms with E-state index in [1.807, 2.05) is 0 Å². The summed E-state index contributed by atoms with van der Waals surface area (Å²) in [5, 5.41) is 11.8. The molecular formula is C7H17N3O3S. The van der Waals surface area contributed by atoms with Crippen molar-refractivity contribution in [3.63, 3.8) is 0 Å². The third-order valence-corrected chi connectivity index (χ3v) is 3.79. The van der Waals surface area contributed by atoms with Crippen molar-refractivity contribution in [2.45, 2.75) is 13.0 Å². The van der Waals surface area contributed by atoms with E-state index in [4.69, 9.17) is 5.11 Å². The SMILES string of the molecule is CC(CO)NS(=O)(=O)N1CCNCC1. The van der Waals surface area contributed by atoms with Crippen LogP contribution < -0.4 is 10.0 Å². The minimum Gasteiger partial charge on any atom is -0.395 e. The molecule has 1 fully saturated rings. The molecule has 0 saturated carbocycles. The molecule has 1 heterocycles. The van der Waals surface area contributed by atoms with E-state index in [9.17, 15) is 8.42 Å². The number of piperazine rings is 1. The molecule has 0 aromatic carbocycles. The Labute approximate surface area is 84.5 Å². The number of hydrogen-bond acceptors (Lipinski definition) is 4. The summed E-state index contributed by atoms with van der Waals surface area (Å²) >= 11 is 0. The summed E-state index contributed by atoms with van der Waals surface area (Å²) in [5.41, 5.74) is 0. The molecule has 6 nitrogen and oxygen atoms in total. The van der Waals surface area contributed by atoms with Gasteiger partial charge in [0.1, 0.15) is 0 Å². The fourth-order valence-corrected chi connectivity index (χ4v) is 2.65. The largest absolute Gasteiger partial charge is 0.395 e. The van der Waals surface area contributed by atoms with E-state index in [0.717, 1.165) is 0 Å². The first-order valence-corrected chi connectivity index (χ1v) is 6.09. The molecule has 1 unspecified atom stereocenters. The molecule has 1 saturated heterocycles. The molecule has 0 spiro atoms. The number of aliphatic hydroxyl groups excluding tert-OH is 1. The van der Waals surface area contributed by atoms with Gasteiger partial charge in [0.15, 0.2) is 0 Å². The third kappa shape index (κ3) is 3.18. The van der Waals surface area contributed by atoms with Gasteiger partial charge in [-0.25, -0.2) is 0 Å². The number of nitrogens with one attached hydrogen (secondary N) is 2. The van der Waals surface area contributed by atoms with Crippen molar-refractivity contribution in [1.29, 1.82) is 0 Å². The summed E-state index contributed by atoms with van der Waals surface area (Å²) in [6.45, 7) is 3.74. The fraction of sp³-hybridized carbons (Fsp3) is 1.00. The molecule has 0 aromatic rings. The average Bonchev–Trinajstić information content (AvgIpc) is 2.18. The van der Waals surface area contributed by atoms with E-state index in [2.05, 4.69) is 10.0 Å². The van der Waals surface area contributed by atoms with Gasteiger partial charge in [-0.05, 0) is 6.92 Å². The van der Waals surface area contributed by atoms with E-state index < -0.39 is 16.3 Å². The van der Waals surface area contributed by atoms with E-state index in [0.29, 0.717) is 26.2 Å². The Balaban J connectivity index is 2.54. The predicted molar refractivity (Wildman–Crippen MR) is 53.0 cm³/mol. The quantitative estimate of drug-likeness (QED) is 0.520. The Hall–Kier alpha value is -0.210. The van der Waals surface area contributed by atoms with Crippen LogP contribution in [-0.2, 0) is 10.2 Å². The smallest absolute Gasteiger partial charge is 0.279 e. The maximum Gasteiger partial charge on any atom is 0.279 e. The molecule has 7 heteroatoms. The van der Waals surface area contributed by atoms with Crippen molar-refractivity contribution >= 4 is 10.2 Å². The number of nitrogens with zero attached hydrogens (tertiary/aromatic N) is 1. The highest BCUT2D eigenvalue weighted by Gasteiger charge is 2.24. The van der Waals surface area contributed by atoms with Gasteiger partial charge >= 0.3 is 0 Å². The summed E-state index contributed by atoms with van der Waals surface area (Å²) in [4.78, 5) is 0. The standard InChI is InChI=1S/C7H17N3O3S/c1-7(6-11)9-14(12,13)10-4-2-8-3-5-10/h7-9,11H,2-6H2,1H3. The lowest BCUT2D eigenvalue weighted by Gasteiger charge is -2.27. The first kappa shape index (κ1) is 11.9. The van der Waals surface area contributed by atoms with Crippen LogP contribution in [-0.4, -0.2) is 56.7 Å². The van der Waals surface area contributed by atoms with Gasteiger partial charge in [0.25, 0.3) is 10.2 Å². The number of rotatable bonds is 4. The van der Waals surface area contributed by atoms with Crippen molar-refractivity contribution in [2.75, 3.05) is 32.8 Å². The summed E-state index contributed by atoms with van der Waals surface area (Å²) < 4.78 is 27.0. The van der Waals surface area contributed by atoms with Gasteiger partial charge in [0.2, 0.25) is 0 Å². The number of hydrogen-bond donors (Lipinski definition) is 3. The van der Waals surface area contributed by atoms with Crippen LogP contribution in [0.5, 0.6) is 0 Å². The summed E-state index contributed by atoms with van der Waals surface area (Å²) in [7, 11) is -3.41. The van der Waals surface area contributed by atoms with Crippen LogP contribution in [0, 0.1) is 0 Å². The highest BCUT2D eigenvalue weighted by atomic mass is 32.2. The van der Waals surface area contributed by atoms with Crippen LogP contribution in [0.4, 0.5) is 0 Å². The zero-order valence-electron chi connectivity index (χ0n) is 8.23. The molecule has 1 atom stereocenters. The molecule has 0 radical (unpaired) electrons. The van der Waals surface area contributed by atoms with Crippen molar-refractivity contribution in [3.8, 4) is 0 Å². The van der Waals surface area contributed by atoms with Crippen LogP contribution in [0.1, 0.15) is 6.92 Å². The van der Waals surface area contributed by atoms with Crippen molar-refractivity contribution < 1.29 is 13.5 Å². The molecular weight excluding hydrogens is 206 g/mol. The van der Waals surface area contributed by atoms with E-state index >= 15 is 0 Å². The Morgan fingerprint density at radius 2 is 2.07 bits per heavy atom. The predicted octanol–water partition coefficient (Wildman–Crippen LogP) is -1.89. The Bertz CT molecular complexity index is 261. The summed E-state index contributed by atoms with van der Waals surface area (Å²) in [6.07, 6.45) is 0. The van der Waals surface area contributed by atoms with Crippen LogP contribution in [0.25, 0.3) is 0 Å². The third-order valence-electron chi connectivity index (χ3n) is 2.04. The van der Waals surface area contributed by atoms with Gasteiger partial charge < -0.3 is 10.4 Å². The van der Waals surface area contributed by atoms with Gasteiger partial charge in [-0.15, -0.1) is 0 Å². The summed E-state index contributed by atoms with van der Waals surface area (Å²) in [6, 6.07) is -0.435. The molecule has 84 valence electrons. The monoisotopic (exact) mass is 223 g/mol. The molecule has 1 aliphatic rings. The maximum atomic E-state index is 11.6. The lowest BCUT2D eigenvalue weighted by Crippen LogP contribution is -2.52. The molecule has 1 rings (SSSR count). The van der Waals surface area contributed by atoms with Gasteiger partial charge in [-0.3, -0.25) is 0 Å². The Morgan fingerprint density at radius 1 is 1.50 bits per heavy atom. The zero-order chi connectivity index (χ0) is 10.6. The Kier molecular flexibility index (Phi) is 4.27. The second kappa shape index (κ2) is 5.04. The Morgan fingerprint density at radius 3 is 2.57 bits per heavy atom. The second-order valence-electron chi connectivity index (χ2n) is 3.36. The minimum absolute atomic E-state index is 0.189. The van der Waals surface area contributed by atoms with E-state index in [1.54, 1.807) is 6.92 Å². The van der Waals surface area contributed by atoms with Crippen molar-refractivity contribution in [1.82, 2.24) is 14.3 Å². The van der Waals surface area contributed by atoms with E-state index in [1.165, 1.54) is 4.31 Å². The van der Waals surface area contributed by atoms with Gasteiger partial charge in [-0.2, -0.15) is 17.4 Å². The first-order chi connectivity index (χ1) is 6.56. The molecule has 0 aromatic heterocycles. The highest BCUT2D eigenvalue weighted by Crippen LogP contribution is 2.00. The molecule has 0 aliphatic carbocycles. The normalized spacial score (nSPS) is 22.1. The molecule has 3 N–H and O–H groups in total. The van der Waals surface area contributed by atoms with Crippen molar-refractivity contribution in [3.05, 3.63) is 0 Å². The molecule has 14 heavy (non-hydrogen) atoms. The first-order valence-electron chi connectivity index (χ1n) is 4.65. The van der Waals surface area contributed by atoms with Crippen LogP contribution in [0.3, 0.4) is 0 Å². The van der Waals surface area contributed by atoms with Gasteiger partial charge in [0, 0.05) is 32.2 Å². The average molecular weight is 223 g/mol. The number of aliphatic hydroxyl groups is 1. The topological polar surface area (TPSA) is 81.7 Å². The van der Waals surface area contributed by atoms with Crippen LogP contribution in [0.2, 0.25) is 0 Å². The van der Waals surface area contributed by atoms with Crippen molar-refractivity contribution in [2.24, 2.45) is 0 Å². The van der Waals surface area contributed by atoms with E-state index in [-0.39, 0.29) is 6.61 Å².